The topological polar surface area (TPSA) is 17.3 Å². The van der Waals surface area contributed by atoms with Gasteiger partial charge in [0.25, 0.3) is 0 Å². The average Bonchev–Trinajstić information content (AvgIpc) is 2.89. The Balaban J connectivity index is 1.99. The van der Waals surface area contributed by atoms with E-state index < -0.39 is 0 Å². The first kappa shape index (κ1) is 17.9. The average molecular weight is 442 g/mol. The number of aromatic nitrogens is 1. The summed E-state index contributed by atoms with van der Waals surface area (Å²) < 4.78 is 3.60. The summed E-state index contributed by atoms with van der Waals surface area (Å²) >= 11 is 2.38. The molecule has 25 heavy (non-hydrogen) atoms. The first-order valence-electron chi connectivity index (χ1n) is 8.58. The lowest BCUT2D eigenvalue weighted by Crippen LogP contribution is -2.00. The van der Waals surface area contributed by atoms with E-state index in [9.17, 15) is 0 Å². The molecule has 1 heterocycles. The van der Waals surface area contributed by atoms with E-state index in [2.05, 4.69) is 97.3 Å². The molecule has 3 aromatic rings. The predicted molar refractivity (Wildman–Crippen MR) is 116 cm³/mol. The molecule has 0 fully saturated rings. The summed E-state index contributed by atoms with van der Waals surface area (Å²) in [6, 6.07) is 17.2. The zero-order valence-electron chi connectivity index (χ0n) is 15.2. The molecular weight excluding hydrogens is 419 g/mol. The Bertz CT molecular complexity index is 935. The molecule has 3 rings (SSSR count). The Morgan fingerprint density at radius 1 is 1.04 bits per heavy atom. The maximum Gasteiger partial charge on any atom is 0.0661 e. The predicted octanol–water partition coefficient (Wildman–Crippen LogP) is 6.32. The second kappa shape index (κ2) is 7.56. The zero-order valence-corrected chi connectivity index (χ0v) is 17.3. The number of para-hydroxylation sites is 1. The molecule has 128 valence electrons. The molecule has 0 bridgehead atoms. The highest BCUT2D eigenvalue weighted by Gasteiger charge is 2.10. The third kappa shape index (κ3) is 3.71. The van der Waals surface area contributed by atoms with Crippen LogP contribution in [0.5, 0.6) is 0 Å². The van der Waals surface area contributed by atoms with Crippen molar-refractivity contribution in [1.29, 1.82) is 0 Å². The summed E-state index contributed by atoms with van der Waals surface area (Å²) in [6.07, 6.45) is 2.99. The van der Waals surface area contributed by atoms with Gasteiger partial charge in [-0.05, 0) is 91.2 Å². The second-order valence-electron chi connectivity index (χ2n) is 6.34. The fourth-order valence-electron chi connectivity index (χ4n) is 3.16. The number of rotatable bonds is 4. The van der Waals surface area contributed by atoms with Crippen LogP contribution >= 0.6 is 22.6 Å². The minimum absolute atomic E-state index is 0.995. The van der Waals surface area contributed by atoms with E-state index in [1.54, 1.807) is 0 Å². The van der Waals surface area contributed by atoms with Crippen LogP contribution in [-0.4, -0.2) is 10.8 Å². The van der Waals surface area contributed by atoms with Crippen LogP contribution in [0.15, 0.2) is 53.5 Å². The molecule has 0 saturated carbocycles. The Hall–Kier alpha value is -1.88. The highest BCUT2D eigenvalue weighted by Crippen LogP contribution is 2.24. The molecule has 0 radical (unpaired) electrons. The normalized spacial score (nSPS) is 11.4. The summed E-state index contributed by atoms with van der Waals surface area (Å²) in [4.78, 5) is 4.75. The van der Waals surface area contributed by atoms with Gasteiger partial charge < -0.3 is 4.57 Å². The molecule has 2 nitrogen and oxygen atoms in total. The number of nitrogens with zero attached hydrogens (tertiary/aromatic N) is 2. The molecule has 0 N–H and O–H groups in total. The highest BCUT2D eigenvalue weighted by molar-refractivity contribution is 14.1. The number of hydrogen-bond acceptors (Lipinski definition) is 1. The molecule has 2 aromatic carbocycles. The van der Waals surface area contributed by atoms with Crippen LogP contribution in [0.2, 0.25) is 0 Å². The fraction of sp³-hybridized carbons (Fsp3) is 0.227. The van der Waals surface area contributed by atoms with Crippen molar-refractivity contribution in [2.75, 3.05) is 0 Å². The van der Waals surface area contributed by atoms with Gasteiger partial charge in [-0.3, -0.25) is 4.99 Å². The quantitative estimate of drug-likeness (QED) is 0.332. The first-order chi connectivity index (χ1) is 12.0. The molecule has 0 spiro atoms. The van der Waals surface area contributed by atoms with Gasteiger partial charge in [0.05, 0.1) is 5.69 Å². The van der Waals surface area contributed by atoms with Crippen molar-refractivity contribution >= 4 is 34.5 Å². The van der Waals surface area contributed by atoms with Crippen molar-refractivity contribution in [3.8, 4) is 5.69 Å². The minimum atomic E-state index is 0.995. The van der Waals surface area contributed by atoms with Crippen LogP contribution in [-0.2, 0) is 6.42 Å². The smallest absolute Gasteiger partial charge is 0.0661 e. The van der Waals surface area contributed by atoms with Gasteiger partial charge in [-0.2, -0.15) is 0 Å². The lowest BCUT2D eigenvalue weighted by Gasteiger charge is -2.11. The van der Waals surface area contributed by atoms with Gasteiger partial charge in [0.1, 0.15) is 0 Å². The summed E-state index contributed by atoms with van der Waals surface area (Å²) in [6.45, 7) is 8.63. The van der Waals surface area contributed by atoms with Crippen molar-refractivity contribution in [2.24, 2.45) is 4.99 Å². The van der Waals surface area contributed by atoms with E-state index in [-0.39, 0.29) is 0 Å². The molecule has 0 amide bonds. The van der Waals surface area contributed by atoms with Gasteiger partial charge >= 0.3 is 0 Å². The van der Waals surface area contributed by atoms with E-state index in [1.807, 2.05) is 12.3 Å². The van der Waals surface area contributed by atoms with Crippen LogP contribution in [0.25, 0.3) is 5.69 Å². The Labute approximate surface area is 163 Å². The number of aryl methyl sites for hydroxylation is 3. The summed E-state index contributed by atoms with van der Waals surface area (Å²) in [5, 5.41) is 0. The monoisotopic (exact) mass is 442 g/mol. The van der Waals surface area contributed by atoms with E-state index in [1.165, 1.54) is 37.3 Å². The van der Waals surface area contributed by atoms with Crippen molar-refractivity contribution in [3.05, 3.63) is 80.2 Å². The molecule has 0 atom stereocenters. The maximum absolute atomic E-state index is 4.75. The van der Waals surface area contributed by atoms with Gasteiger partial charge in [0.15, 0.2) is 0 Å². The van der Waals surface area contributed by atoms with Gasteiger partial charge in [-0.25, -0.2) is 0 Å². The third-order valence-corrected chi connectivity index (χ3v) is 5.80. The van der Waals surface area contributed by atoms with E-state index in [0.29, 0.717) is 0 Å². The van der Waals surface area contributed by atoms with Crippen LogP contribution in [0.1, 0.15) is 35.0 Å². The molecule has 0 aliphatic rings. The van der Waals surface area contributed by atoms with Crippen LogP contribution in [0, 0.1) is 24.3 Å². The molecular formula is C22H23IN2. The number of hydrogen-bond donors (Lipinski definition) is 0. The number of aliphatic imine (C=N–C) groups is 1. The lowest BCUT2D eigenvalue weighted by atomic mass is 10.1. The molecule has 0 unspecified atom stereocenters. The van der Waals surface area contributed by atoms with Gasteiger partial charge in [0.2, 0.25) is 0 Å². The van der Waals surface area contributed by atoms with Gasteiger partial charge in [-0.15, -0.1) is 0 Å². The van der Waals surface area contributed by atoms with E-state index in [4.69, 9.17) is 4.99 Å². The third-order valence-electron chi connectivity index (χ3n) is 4.59. The van der Waals surface area contributed by atoms with Crippen molar-refractivity contribution in [2.45, 2.75) is 34.1 Å². The molecule has 3 heteroatoms. The number of halogens is 1. The Morgan fingerprint density at radius 3 is 2.52 bits per heavy atom. The highest BCUT2D eigenvalue weighted by atomic mass is 127. The maximum atomic E-state index is 4.75. The fourth-order valence-corrected chi connectivity index (χ4v) is 3.49. The number of benzene rings is 2. The lowest BCUT2D eigenvalue weighted by molar-refractivity contribution is 0.962. The molecule has 0 saturated heterocycles. The standard InChI is InChI=1S/C22H23IN2/c1-5-18-8-6-7-9-22(18)24-14-19-13-16(3)25(17(19)4)20-10-11-21(23)15(2)12-20/h6-14H,5H2,1-4H3. The Morgan fingerprint density at radius 2 is 1.80 bits per heavy atom. The Kier molecular flexibility index (Phi) is 5.42. The van der Waals surface area contributed by atoms with Crippen molar-refractivity contribution in [1.82, 2.24) is 4.57 Å². The van der Waals surface area contributed by atoms with Crippen LogP contribution in [0.4, 0.5) is 5.69 Å². The molecule has 1 aromatic heterocycles. The van der Waals surface area contributed by atoms with Crippen LogP contribution < -0.4 is 0 Å². The van der Waals surface area contributed by atoms with Gasteiger partial charge in [-0.1, -0.05) is 25.1 Å². The van der Waals surface area contributed by atoms with Crippen molar-refractivity contribution < 1.29 is 0 Å². The summed E-state index contributed by atoms with van der Waals surface area (Å²) in [7, 11) is 0. The molecule has 0 aliphatic heterocycles. The summed E-state index contributed by atoms with van der Waals surface area (Å²) in [5.74, 6) is 0. The zero-order chi connectivity index (χ0) is 18.0. The second-order valence-corrected chi connectivity index (χ2v) is 7.50. The van der Waals surface area contributed by atoms with E-state index in [0.717, 1.165) is 12.1 Å². The van der Waals surface area contributed by atoms with Crippen molar-refractivity contribution in [3.63, 3.8) is 0 Å². The largest absolute Gasteiger partial charge is 0.318 e. The molecule has 0 aliphatic carbocycles. The van der Waals surface area contributed by atoms with Gasteiger partial charge in [0, 0.05) is 32.4 Å². The van der Waals surface area contributed by atoms with E-state index >= 15 is 0 Å². The SMILES string of the molecule is CCc1ccccc1N=Cc1cc(C)n(-c2ccc(I)c(C)c2)c1C. The minimum Gasteiger partial charge on any atom is -0.318 e. The van der Waals surface area contributed by atoms with Crippen LogP contribution in [0.3, 0.4) is 0 Å². The first-order valence-corrected chi connectivity index (χ1v) is 9.66. The summed E-state index contributed by atoms with van der Waals surface area (Å²) in [5.41, 5.74) is 8.46.